The first-order chi connectivity index (χ1) is 9.95. The highest BCUT2D eigenvalue weighted by Crippen LogP contribution is 2.23. The van der Waals surface area contributed by atoms with Crippen molar-refractivity contribution in [1.82, 2.24) is 9.29 Å². The average molecular weight is 345 g/mol. The number of hydrogen-bond acceptors (Lipinski definition) is 3. The van der Waals surface area contributed by atoms with Crippen LogP contribution in [0.3, 0.4) is 0 Å². The molecule has 0 radical (unpaired) electrons. The normalized spacial score (nSPS) is 11.8. The second kappa shape index (κ2) is 6.75. The van der Waals surface area contributed by atoms with Crippen molar-refractivity contribution in [1.29, 1.82) is 0 Å². The highest BCUT2D eigenvalue weighted by atomic mass is 35.5. The van der Waals surface area contributed by atoms with Crippen molar-refractivity contribution < 1.29 is 8.42 Å². The van der Waals surface area contributed by atoms with Gasteiger partial charge in [0, 0.05) is 24.3 Å². The predicted molar refractivity (Wildman–Crippen MR) is 84.0 cm³/mol. The molecule has 112 valence electrons. The maximum Gasteiger partial charge on any atom is 0.243 e. The smallest absolute Gasteiger partial charge is 0.243 e. The number of nitrogens with zero attached hydrogens (tertiary/aromatic N) is 2. The Morgan fingerprint density at radius 1 is 1.19 bits per heavy atom. The number of pyridine rings is 1. The van der Waals surface area contributed by atoms with Crippen LogP contribution in [0.1, 0.15) is 12.5 Å². The minimum Gasteiger partial charge on any atom is -0.244 e. The summed E-state index contributed by atoms with van der Waals surface area (Å²) in [5.41, 5.74) is 0.754. The van der Waals surface area contributed by atoms with E-state index in [-0.39, 0.29) is 16.6 Å². The van der Waals surface area contributed by atoms with Crippen molar-refractivity contribution in [2.24, 2.45) is 0 Å². The van der Waals surface area contributed by atoms with Crippen LogP contribution in [-0.2, 0) is 16.6 Å². The fraction of sp³-hybridized carbons (Fsp3) is 0.214. The third-order valence-electron chi connectivity index (χ3n) is 2.99. The van der Waals surface area contributed by atoms with Crippen molar-refractivity contribution in [3.63, 3.8) is 0 Å². The molecule has 0 aliphatic rings. The third-order valence-corrected chi connectivity index (χ3v) is 5.49. The fourth-order valence-corrected chi connectivity index (χ4v) is 3.75. The Labute approximate surface area is 134 Å². The molecule has 0 amide bonds. The lowest BCUT2D eigenvalue weighted by atomic mass is 10.2. The molecule has 1 aromatic heterocycles. The van der Waals surface area contributed by atoms with Gasteiger partial charge < -0.3 is 0 Å². The lowest BCUT2D eigenvalue weighted by molar-refractivity contribution is 0.423. The molecule has 1 aromatic carbocycles. The monoisotopic (exact) mass is 344 g/mol. The molecule has 0 atom stereocenters. The highest BCUT2D eigenvalue weighted by molar-refractivity contribution is 7.89. The summed E-state index contributed by atoms with van der Waals surface area (Å²) in [4.78, 5) is 3.92. The predicted octanol–water partition coefficient (Wildman–Crippen LogP) is 3.60. The molecular formula is C14H14Cl2N2O2S. The summed E-state index contributed by atoms with van der Waals surface area (Å²) in [7, 11) is -3.64. The second-order valence-corrected chi connectivity index (χ2v) is 7.07. The molecule has 0 saturated carbocycles. The third kappa shape index (κ3) is 3.74. The van der Waals surface area contributed by atoms with E-state index in [4.69, 9.17) is 23.2 Å². The molecule has 2 rings (SSSR count). The lowest BCUT2D eigenvalue weighted by Gasteiger charge is -2.21. The number of halogens is 2. The summed E-state index contributed by atoms with van der Waals surface area (Å²) in [5.74, 6) is 0. The zero-order chi connectivity index (χ0) is 15.5. The quantitative estimate of drug-likeness (QED) is 0.778. The summed E-state index contributed by atoms with van der Waals surface area (Å²) in [5, 5.41) is 0.684. The van der Waals surface area contributed by atoms with E-state index in [1.54, 1.807) is 25.1 Å². The van der Waals surface area contributed by atoms with Crippen LogP contribution in [0.4, 0.5) is 0 Å². The molecule has 2 aromatic rings. The van der Waals surface area contributed by atoms with Gasteiger partial charge in [0.15, 0.2) is 0 Å². The van der Waals surface area contributed by atoms with Crippen LogP contribution in [0.15, 0.2) is 47.5 Å². The van der Waals surface area contributed by atoms with Gasteiger partial charge in [-0.1, -0.05) is 48.3 Å². The van der Waals surface area contributed by atoms with Gasteiger partial charge in [-0.05, 0) is 23.8 Å². The van der Waals surface area contributed by atoms with Gasteiger partial charge in [0.25, 0.3) is 0 Å². The van der Waals surface area contributed by atoms with Crippen molar-refractivity contribution in [3.8, 4) is 0 Å². The maximum atomic E-state index is 12.6. The maximum absolute atomic E-state index is 12.6. The van der Waals surface area contributed by atoms with E-state index in [0.29, 0.717) is 11.6 Å². The van der Waals surface area contributed by atoms with Crippen LogP contribution < -0.4 is 0 Å². The minimum atomic E-state index is -3.64. The van der Waals surface area contributed by atoms with E-state index in [9.17, 15) is 8.42 Å². The van der Waals surface area contributed by atoms with Gasteiger partial charge in [0.2, 0.25) is 10.0 Å². The molecule has 21 heavy (non-hydrogen) atoms. The highest BCUT2D eigenvalue weighted by Gasteiger charge is 2.24. The van der Waals surface area contributed by atoms with Crippen molar-refractivity contribution >= 4 is 33.2 Å². The van der Waals surface area contributed by atoms with Crippen LogP contribution in [0.2, 0.25) is 10.2 Å². The summed E-state index contributed by atoms with van der Waals surface area (Å²) in [6.07, 6.45) is 1.37. The van der Waals surface area contributed by atoms with Gasteiger partial charge in [0.05, 0.1) is 4.90 Å². The van der Waals surface area contributed by atoms with Gasteiger partial charge in [-0.25, -0.2) is 13.4 Å². The van der Waals surface area contributed by atoms with Gasteiger partial charge in [-0.3, -0.25) is 0 Å². The Morgan fingerprint density at radius 3 is 2.52 bits per heavy atom. The first-order valence-corrected chi connectivity index (χ1v) is 8.50. The SMILES string of the molecule is CCN(Cc1ccccc1Cl)S(=O)(=O)c1ccnc(Cl)c1. The zero-order valence-corrected chi connectivity index (χ0v) is 13.7. The van der Waals surface area contributed by atoms with Crippen molar-refractivity contribution in [2.45, 2.75) is 18.4 Å². The lowest BCUT2D eigenvalue weighted by Crippen LogP contribution is -2.30. The summed E-state index contributed by atoms with van der Waals surface area (Å²) >= 11 is 11.9. The van der Waals surface area contributed by atoms with E-state index in [2.05, 4.69) is 4.98 Å². The molecule has 1 heterocycles. The Balaban J connectivity index is 2.35. The van der Waals surface area contributed by atoms with E-state index in [1.165, 1.54) is 22.6 Å². The first-order valence-electron chi connectivity index (χ1n) is 6.30. The molecule has 0 fully saturated rings. The van der Waals surface area contributed by atoms with Crippen molar-refractivity contribution in [2.75, 3.05) is 6.54 Å². The van der Waals surface area contributed by atoms with Crippen molar-refractivity contribution in [3.05, 3.63) is 58.3 Å². The largest absolute Gasteiger partial charge is 0.244 e. The zero-order valence-electron chi connectivity index (χ0n) is 11.3. The topological polar surface area (TPSA) is 50.3 Å². The van der Waals surface area contributed by atoms with E-state index >= 15 is 0 Å². The number of aromatic nitrogens is 1. The number of sulfonamides is 1. The molecular weight excluding hydrogens is 331 g/mol. The standard InChI is InChI=1S/C14H14Cl2N2O2S/c1-2-18(10-11-5-3-4-6-13(11)15)21(19,20)12-7-8-17-14(16)9-12/h3-9H,2,10H2,1H3. The number of benzene rings is 1. The molecule has 0 aliphatic carbocycles. The molecule has 0 N–H and O–H groups in total. The van der Waals surface area contributed by atoms with Crippen LogP contribution in [0.25, 0.3) is 0 Å². The Bertz CT molecular complexity index is 735. The molecule has 0 saturated heterocycles. The van der Waals surface area contributed by atoms with Gasteiger partial charge in [-0.2, -0.15) is 4.31 Å². The molecule has 4 nitrogen and oxygen atoms in total. The molecule has 0 spiro atoms. The second-order valence-electron chi connectivity index (χ2n) is 4.34. The number of rotatable bonds is 5. The summed E-state index contributed by atoms with van der Waals surface area (Å²) in [6, 6.07) is 9.94. The van der Waals surface area contributed by atoms with Gasteiger partial charge >= 0.3 is 0 Å². The van der Waals surface area contributed by atoms with Crippen LogP contribution in [0, 0.1) is 0 Å². The Hall–Kier alpha value is -1.14. The van der Waals surface area contributed by atoms with Crippen LogP contribution >= 0.6 is 23.2 Å². The van der Waals surface area contributed by atoms with Crippen LogP contribution in [-0.4, -0.2) is 24.3 Å². The van der Waals surface area contributed by atoms with Gasteiger partial charge in [-0.15, -0.1) is 0 Å². The Kier molecular flexibility index (Phi) is 5.22. The summed E-state index contributed by atoms with van der Waals surface area (Å²) in [6.45, 7) is 2.31. The van der Waals surface area contributed by atoms with E-state index in [0.717, 1.165) is 5.56 Å². The fourth-order valence-electron chi connectivity index (χ4n) is 1.88. The van der Waals surface area contributed by atoms with Gasteiger partial charge in [0.1, 0.15) is 5.15 Å². The Morgan fingerprint density at radius 2 is 1.90 bits per heavy atom. The first kappa shape index (κ1) is 16.2. The van der Waals surface area contributed by atoms with Crippen LogP contribution in [0.5, 0.6) is 0 Å². The van der Waals surface area contributed by atoms with E-state index in [1.807, 2.05) is 6.07 Å². The molecule has 0 aliphatic heterocycles. The molecule has 7 heteroatoms. The molecule has 0 unspecified atom stereocenters. The minimum absolute atomic E-state index is 0.122. The molecule has 0 bridgehead atoms. The summed E-state index contributed by atoms with van der Waals surface area (Å²) < 4.78 is 26.6. The number of hydrogen-bond donors (Lipinski definition) is 0. The average Bonchev–Trinajstić information content (AvgIpc) is 2.46. The van der Waals surface area contributed by atoms with E-state index < -0.39 is 10.0 Å².